The molecule has 0 radical (unpaired) electrons. The molecule has 0 fully saturated rings. The fraction of sp³-hybridized carbons (Fsp3) is 0.462. The molecule has 18 heavy (non-hydrogen) atoms. The number of hydrogen-bond acceptors (Lipinski definition) is 4. The van der Waals surface area contributed by atoms with Gasteiger partial charge >= 0.3 is 0 Å². The number of phenolic OH excluding ortho intramolecular Hbond substituents is 2. The fourth-order valence-electron chi connectivity index (χ4n) is 1.67. The maximum absolute atomic E-state index is 12.2. The monoisotopic (exact) mass is 253 g/mol. The number of para-hydroxylation sites is 1. The minimum atomic E-state index is -1.02. The predicted octanol–water partition coefficient (Wildman–Crippen LogP) is 1.33. The van der Waals surface area contributed by atoms with E-state index in [4.69, 9.17) is 0 Å². The Kier molecular flexibility index (Phi) is 4.19. The summed E-state index contributed by atoms with van der Waals surface area (Å²) >= 11 is 0. The second-order valence-electron chi connectivity index (χ2n) is 4.81. The van der Waals surface area contributed by atoms with Crippen LogP contribution >= 0.6 is 0 Å². The lowest BCUT2D eigenvalue weighted by molar-refractivity contribution is 0.0313. The van der Waals surface area contributed by atoms with Gasteiger partial charge in [0, 0.05) is 13.1 Å². The van der Waals surface area contributed by atoms with Crippen LogP contribution in [-0.4, -0.2) is 44.8 Å². The Balaban J connectivity index is 3.01. The molecule has 0 aliphatic rings. The molecule has 0 spiro atoms. The van der Waals surface area contributed by atoms with E-state index in [1.807, 2.05) is 0 Å². The number of phenols is 2. The van der Waals surface area contributed by atoms with Gasteiger partial charge in [-0.15, -0.1) is 0 Å². The van der Waals surface area contributed by atoms with Gasteiger partial charge in [0.15, 0.2) is 11.5 Å². The molecule has 0 bridgehead atoms. The van der Waals surface area contributed by atoms with Crippen molar-refractivity contribution in [3.05, 3.63) is 23.8 Å². The van der Waals surface area contributed by atoms with Gasteiger partial charge in [-0.2, -0.15) is 0 Å². The smallest absolute Gasteiger partial charge is 0.257 e. The van der Waals surface area contributed by atoms with Crippen LogP contribution in [0.2, 0.25) is 0 Å². The molecule has 5 nitrogen and oxygen atoms in total. The number of carbonyl (C=O) groups is 1. The molecule has 0 atom stereocenters. The third-order valence-electron chi connectivity index (χ3n) is 2.49. The predicted molar refractivity (Wildman–Crippen MR) is 67.6 cm³/mol. The molecule has 0 aliphatic carbocycles. The quantitative estimate of drug-likeness (QED) is 0.707. The molecule has 100 valence electrons. The molecular weight excluding hydrogens is 234 g/mol. The van der Waals surface area contributed by atoms with Gasteiger partial charge in [-0.3, -0.25) is 4.79 Å². The summed E-state index contributed by atoms with van der Waals surface area (Å²) in [4.78, 5) is 13.6. The van der Waals surface area contributed by atoms with E-state index in [9.17, 15) is 20.1 Å². The van der Waals surface area contributed by atoms with Crippen LogP contribution in [-0.2, 0) is 0 Å². The second-order valence-corrected chi connectivity index (χ2v) is 4.81. The van der Waals surface area contributed by atoms with E-state index in [0.717, 1.165) is 0 Å². The standard InChI is InChI=1S/C13H19NO4/c1-4-14(8-13(2,3)18)12(17)9-6-5-7-10(15)11(9)16/h5-7,15-16,18H,4,8H2,1-3H3. The summed E-state index contributed by atoms with van der Waals surface area (Å²) < 4.78 is 0. The van der Waals surface area contributed by atoms with E-state index >= 15 is 0 Å². The Morgan fingerprint density at radius 3 is 2.44 bits per heavy atom. The molecule has 0 saturated carbocycles. The van der Waals surface area contributed by atoms with Crippen molar-refractivity contribution in [1.29, 1.82) is 0 Å². The Hall–Kier alpha value is -1.75. The van der Waals surface area contributed by atoms with E-state index in [2.05, 4.69) is 0 Å². The highest BCUT2D eigenvalue weighted by molar-refractivity contribution is 5.97. The number of benzene rings is 1. The molecule has 0 heterocycles. The normalized spacial score (nSPS) is 11.3. The minimum absolute atomic E-state index is 0.0288. The van der Waals surface area contributed by atoms with Gasteiger partial charge in [-0.25, -0.2) is 0 Å². The van der Waals surface area contributed by atoms with E-state index in [-0.39, 0.29) is 17.9 Å². The van der Waals surface area contributed by atoms with Crippen molar-refractivity contribution >= 4 is 5.91 Å². The highest BCUT2D eigenvalue weighted by Gasteiger charge is 2.24. The lowest BCUT2D eigenvalue weighted by Gasteiger charge is -2.28. The lowest BCUT2D eigenvalue weighted by Crippen LogP contribution is -2.42. The number of carbonyl (C=O) groups excluding carboxylic acids is 1. The van der Waals surface area contributed by atoms with Crippen molar-refractivity contribution < 1.29 is 20.1 Å². The molecule has 0 unspecified atom stereocenters. The average Bonchev–Trinajstić information content (AvgIpc) is 2.27. The molecule has 1 rings (SSSR count). The molecule has 3 N–H and O–H groups in total. The lowest BCUT2D eigenvalue weighted by atomic mass is 10.1. The molecule has 5 heteroatoms. The first-order chi connectivity index (χ1) is 8.26. The van der Waals surface area contributed by atoms with Gasteiger partial charge in [0.2, 0.25) is 0 Å². The molecule has 1 amide bonds. The molecule has 0 saturated heterocycles. The summed E-state index contributed by atoms with van der Waals surface area (Å²) in [5, 5.41) is 28.7. The van der Waals surface area contributed by atoms with Gasteiger partial charge in [-0.1, -0.05) is 6.07 Å². The van der Waals surface area contributed by atoms with Crippen molar-refractivity contribution in [2.45, 2.75) is 26.4 Å². The molecule has 0 aliphatic heterocycles. The zero-order valence-electron chi connectivity index (χ0n) is 10.8. The maximum Gasteiger partial charge on any atom is 0.257 e. The van der Waals surface area contributed by atoms with E-state index in [1.165, 1.54) is 23.1 Å². The Labute approximate surface area is 106 Å². The van der Waals surface area contributed by atoms with Crippen LogP contribution in [0.15, 0.2) is 18.2 Å². The number of rotatable bonds is 4. The van der Waals surface area contributed by atoms with Crippen LogP contribution in [0, 0.1) is 0 Å². The summed E-state index contributed by atoms with van der Waals surface area (Å²) in [6, 6.07) is 4.23. The first-order valence-electron chi connectivity index (χ1n) is 5.79. The van der Waals surface area contributed by atoms with Gasteiger partial charge < -0.3 is 20.2 Å². The number of aromatic hydroxyl groups is 2. The van der Waals surface area contributed by atoms with E-state index < -0.39 is 17.3 Å². The first-order valence-corrected chi connectivity index (χ1v) is 5.79. The number of aliphatic hydroxyl groups is 1. The molecule has 1 aromatic carbocycles. The van der Waals surface area contributed by atoms with Crippen molar-refractivity contribution in [2.24, 2.45) is 0 Å². The van der Waals surface area contributed by atoms with Gasteiger partial charge in [0.05, 0.1) is 11.2 Å². The van der Waals surface area contributed by atoms with E-state index in [1.54, 1.807) is 20.8 Å². The number of amides is 1. The van der Waals surface area contributed by atoms with E-state index in [0.29, 0.717) is 6.54 Å². The van der Waals surface area contributed by atoms with Crippen LogP contribution < -0.4 is 0 Å². The topological polar surface area (TPSA) is 81.0 Å². The third kappa shape index (κ3) is 3.37. The van der Waals surface area contributed by atoms with Crippen molar-refractivity contribution in [3.63, 3.8) is 0 Å². The van der Waals surface area contributed by atoms with Crippen LogP contribution in [0.25, 0.3) is 0 Å². The maximum atomic E-state index is 12.2. The van der Waals surface area contributed by atoms with Crippen LogP contribution in [0.4, 0.5) is 0 Å². The summed E-state index contributed by atoms with van der Waals surface area (Å²) in [7, 11) is 0. The summed E-state index contributed by atoms with van der Waals surface area (Å²) in [6.07, 6.45) is 0. The van der Waals surface area contributed by atoms with Crippen LogP contribution in [0.5, 0.6) is 11.5 Å². The van der Waals surface area contributed by atoms with Gasteiger partial charge in [-0.05, 0) is 32.9 Å². The largest absolute Gasteiger partial charge is 0.504 e. The zero-order valence-corrected chi connectivity index (χ0v) is 10.8. The first kappa shape index (κ1) is 14.3. The second kappa shape index (κ2) is 5.27. The SMILES string of the molecule is CCN(CC(C)(C)O)C(=O)c1cccc(O)c1O. The van der Waals surface area contributed by atoms with Gasteiger partial charge in [0.1, 0.15) is 0 Å². The Bertz CT molecular complexity index is 437. The highest BCUT2D eigenvalue weighted by Crippen LogP contribution is 2.29. The molecular formula is C13H19NO4. The van der Waals surface area contributed by atoms with Crippen molar-refractivity contribution in [3.8, 4) is 11.5 Å². The van der Waals surface area contributed by atoms with Crippen molar-refractivity contribution in [2.75, 3.05) is 13.1 Å². The number of hydrogen-bond donors (Lipinski definition) is 3. The third-order valence-corrected chi connectivity index (χ3v) is 2.49. The summed E-state index contributed by atoms with van der Waals surface area (Å²) in [6.45, 7) is 5.54. The summed E-state index contributed by atoms with van der Waals surface area (Å²) in [5.41, 5.74) is -0.987. The molecule has 1 aromatic rings. The Morgan fingerprint density at radius 1 is 1.33 bits per heavy atom. The van der Waals surface area contributed by atoms with Crippen molar-refractivity contribution in [1.82, 2.24) is 4.90 Å². The van der Waals surface area contributed by atoms with Crippen LogP contribution in [0.3, 0.4) is 0 Å². The Morgan fingerprint density at radius 2 is 1.94 bits per heavy atom. The minimum Gasteiger partial charge on any atom is -0.504 e. The number of nitrogens with zero attached hydrogens (tertiary/aromatic N) is 1. The fourth-order valence-corrected chi connectivity index (χ4v) is 1.67. The molecule has 0 aromatic heterocycles. The van der Waals surface area contributed by atoms with Crippen LogP contribution in [0.1, 0.15) is 31.1 Å². The van der Waals surface area contributed by atoms with Gasteiger partial charge in [0.25, 0.3) is 5.91 Å². The average molecular weight is 253 g/mol. The zero-order chi connectivity index (χ0) is 13.9. The highest BCUT2D eigenvalue weighted by atomic mass is 16.3. The number of likely N-dealkylation sites (N-methyl/N-ethyl adjacent to an activating group) is 1. The summed E-state index contributed by atoms with van der Waals surface area (Å²) in [5.74, 6) is -1.19.